The maximum Gasteiger partial charge on any atom is 0.251 e. The number of nitrogens with one attached hydrogen (secondary N) is 2. The van der Waals surface area contributed by atoms with Crippen LogP contribution in [0.4, 0.5) is 5.69 Å². The van der Waals surface area contributed by atoms with E-state index in [2.05, 4.69) is 37.5 Å². The molecule has 0 radical (unpaired) electrons. The number of amides is 2. The van der Waals surface area contributed by atoms with Crippen LogP contribution >= 0.6 is 0 Å². The zero-order valence-electron chi connectivity index (χ0n) is 34.0. The average molecular weight is 784 g/mol. The van der Waals surface area contributed by atoms with Gasteiger partial charge in [0.2, 0.25) is 5.91 Å². The van der Waals surface area contributed by atoms with Gasteiger partial charge in [0.1, 0.15) is 27.7 Å². The van der Waals surface area contributed by atoms with E-state index in [1.54, 1.807) is 24.1 Å². The number of benzene rings is 2. The summed E-state index contributed by atoms with van der Waals surface area (Å²) in [5.41, 5.74) is 4.68. The lowest BCUT2D eigenvalue weighted by atomic mass is 9.52. The minimum absolute atomic E-state index is 0.0579. The lowest BCUT2D eigenvalue weighted by Gasteiger charge is -2.55. The van der Waals surface area contributed by atoms with Crippen molar-refractivity contribution < 1.29 is 37.8 Å². The molecule has 2 bridgehead atoms. The van der Waals surface area contributed by atoms with Gasteiger partial charge in [0.05, 0.1) is 37.7 Å². The second-order valence-corrected chi connectivity index (χ2v) is 18.9. The summed E-state index contributed by atoms with van der Waals surface area (Å²) in [4.78, 5) is 38.0. The molecule has 304 valence electrons. The maximum atomic E-state index is 14.3. The number of para-hydroxylation sites is 1. The molecule has 2 fully saturated rings. The second kappa shape index (κ2) is 16.9. The quantitative estimate of drug-likeness (QED) is 0.185. The van der Waals surface area contributed by atoms with Crippen molar-refractivity contribution in [2.75, 3.05) is 64.9 Å². The number of rotatable bonds is 16. The predicted molar refractivity (Wildman–Crippen MR) is 214 cm³/mol. The number of carbonyl (C=O) groups is 2. The van der Waals surface area contributed by atoms with E-state index in [9.17, 15) is 28.2 Å². The molecule has 14 heteroatoms. The van der Waals surface area contributed by atoms with Crippen molar-refractivity contribution in [1.82, 2.24) is 20.6 Å². The van der Waals surface area contributed by atoms with E-state index in [1.807, 2.05) is 69.2 Å². The number of hydrogen-bond acceptors (Lipinski definition) is 11. The third kappa shape index (κ3) is 9.37. The fourth-order valence-electron chi connectivity index (χ4n) is 8.69. The van der Waals surface area contributed by atoms with Crippen molar-refractivity contribution in [3.05, 3.63) is 59.2 Å². The van der Waals surface area contributed by atoms with Crippen LogP contribution in [0.1, 0.15) is 57.0 Å². The molecule has 0 spiro atoms. The van der Waals surface area contributed by atoms with E-state index in [0.29, 0.717) is 47.1 Å². The van der Waals surface area contributed by atoms with E-state index in [0.717, 1.165) is 18.4 Å². The summed E-state index contributed by atoms with van der Waals surface area (Å²) in [6.45, 7) is 10.6. The Bertz CT molecular complexity index is 1860. The van der Waals surface area contributed by atoms with E-state index in [1.165, 1.54) is 5.57 Å². The third-order valence-electron chi connectivity index (χ3n) is 11.5. The summed E-state index contributed by atoms with van der Waals surface area (Å²) < 4.78 is 30.7. The molecule has 3 aliphatic carbocycles. The SMILES string of the molecule is CCOc1c(CN2O[C@@H](CO)[C@@H]([C@H](C)O)[C@H]2C(=O)N[C@H]2CC3=C[C@@H]([C@@H]2C)C3(C)C)cccc1-c1cc(C(=O)N[C@H](CN(C)C)CS(C)(=O)=O)cc(N(C)C)c1. The van der Waals surface area contributed by atoms with Crippen LogP contribution in [-0.4, -0.2) is 131 Å². The Hall–Kier alpha value is -3.53. The largest absolute Gasteiger partial charge is 0.493 e. The number of fused-ring (bicyclic) bond motifs is 2. The number of sulfone groups is 1. The highest BCUT2D eigenvalue weighted by Crippen LogP contribution is 2.56. The first kappa shape index (κ1) is 42.6. The molecule has 2 amide bonds. The third-order valence-corrected chi connectivity index (χ3v) is 12.5. The molecule has 8 atom stereocenters. The van der Waals surface area contributed by atoms with Crippen LogP contribution in [0.3, 0.4) is 0 Å². The summed E-state index contributed by atoms with van der Waals surface area (Å²) >= 11 is 0. The van der Waals surface area contributed by atoms with Crippen molar-refractivity contribution in [3.63, 3.8) is 0 Å². The lowest BCUT2D eigenvalue weighted by molar-refractivity contribution is -0.182. The summed E-state index contributed by atoms with van der Waals surface area (Å²) in [6.07, 6.45) is 2.50. The van der Waals surface area contributed by atoms with Gasteiger partial charge in [0.15, 0.2) is 0 Å². The average Bonchev–Trinajstić information content (AvgIpc) is 3.47. The van der Waals surface area contributed by atoms with E-state index in [4.69, 9.17) is 9.57 Å². The number of hydrogen-bond donors (Lipinski definition) is 4. The summed E-state index contributed by atoms with van der Waals surface area (Å²) in [7, 11) is 4.02. The van der Waals surface area contributed by atoms with E-state index >= 15 is 0 Å². The highest BCUT2D eigenvalue weighted by Gasteiger charge is 2.53. The fourth-order valence-corrected chi connectivity index (χ4v) is 9.61. The zero-order valence-corrected chi connectivity index (χ0v) is 34.8. The van der Waals surface area contributed by atoms with Crippen LogP contribution in [0.25, 0.3) is 11.1 Å². The zero-order chi connectivity index (χ0) is 40.6. The molecule has 4 N–H and O–H groups in total. The monoisotopic (exact) mass is 783 g/mol. The Balaban J connectivity index is 1.48. The standard InChI is InChI=1S/C41H61N5O8S/c1-11-53-38-26(20-46-37(36(25(3)48)35(22-47)54-46)40(50)43-34-19-29-18-33(24(34)2)41(29,4)5)13-12-14-32(38)27-15-28(17-31(16-27)45(8)9)39(49)42-30(21-44(6)7)23-55(10,51)52/h12-18,24-25,30,33-37,47-48H,11,19-23H2,1-10H3,(H,42,49)(H,43,50)/t24-,25-,30+,33-,34-,35-,36+,37-/m0/s1. The highest BCUT2D eigenvalue weighted by atomic mass is 32.2. The van der Waals surface area contributed by atoms with Crippen molar-refractivity contribution >= 4 is 27.3 Å². The number of carbonyl (C=O) groups excluding carboxylic acids is 2. The number of ether oxygens (including phenoxy) is 1. The van der Waals surface area contributed by atoms with Gasteiger partial charge in [-0.15, -0.1) is 0 Å². The van der Waals surface area contributed by atoms with Crippen LogP contribution < -0.4 is 20.3 Å². The molecule has 55 heavy (non-hydrogen) atoms. The van der Waals surface area contributed by atoms with Crippen molar-refractivity contribution in [1.29, 1.82) is 0 Å². The van der Waals surface area contributed by atoms with Crippen LogP contribution in [0.5, 0.6) is 5.75 Å². The molecular weight excluding hydrogens is 723 g/mol. The van der Waals surface area contributed by atoms with E-state index in [-0.39, 0.29) is 42.2 Å². The van der Waals surface area contributed by atoms with Crippen molar-refractivity contribution in [3.8, 4) is 16.9 Å². The Morgan fingerprint density at radius 2 is 1.85 bits per heavy atom. The fraction of sp³-hybridized carbons (Fsp3) is 0.610. The van der Waals surface area contributed by atoms with Crippen LogP contribution in [0.15, 0.2) is 48.0 Å². The minimum Gasteiger partial charge on any atom is -0.493 e. The Morgan fingerprint density at radius 3 is 2.42 bits per heavy atom. The molecule has 1 saturated carbocycles. The van der Waals surface area contributed by atoms with Gasteiger partial charge in [-0.3, -0.25) is 14.4 Å². The minimum atomic E-state index is -3.37. The number of anilines is 1. The molecule has 4 aliphatic rings. The Labute approximate surface area is 326 Å². The molecule has 2 aromatic carbocycles. The molecule has 1 saturated heterocycles. The van der Waals surface area contributed by atoms with Crippen LogP contribution in [0, 0.1) is 23.2 Å². The summed E-state index contributed by atoms with van der Waals surface area (Å²) in [5, 5.41) is 29.1. The van der Waals surface area contributed by atoms with Crippen LogP contribution in [0.2, 0.25) is 0 Å². The summed E-state index contributed by atoms with van der Waals surface area (Å²) in [5.74, 6) is -0.414. The number of aliphatic hydroxyl groups excluding tert-OH is 2. The van der Waals surface area contributed by atoms with Gasteiger partial charge in [-0.25, -0.2) is 8.42 Å². The maximum absolute atomic E-state index is 14.3. The molecule has 13 nitrogen and oxygen atoms in total. The molecule has 0 unspecified atom stereocenters. The second-order valence-electron chi connectivity index (χ2n) is 16.7. The lowest BCUT2D eigenvalue weighted by Crippen LogP contribution is -2.58. The van der Waals surface area contributed by atoms with Crippen LogP contribution in [-0.2, 0) is 26.0 Å². The van der Waals surface area contributed by atoms with E-state index < -0.39 is 46.0 Å². The predicted octanol–water partition coefficient (Wildman–Crippen LogP) is 3.10. The molecular formula is C41H61N5O8S. The first-order valence-corrected chi connectivity index (χ1v) is 21.3. The van der Waals surface area contributed by atoms with Gasteiger partial charge in [0, 0.05) is 61.2 Å². The molecule has 1 aliphatic heterocycles. The molecule has 0 aromatic heterocycles. The first-order valence-electron chi connectivity index (χ1n) is 19.2. The summed E-state index contributed by atoms with van der Waals surface area (Å²) in [6, 6.07) is 9.57. The van der Waals surface area contributed by atoms with Gasteiger partial charge >= 0.3 is 0 Å². The van der Waals surface area contributed by atoms with Gasteiger partial charge in [0.25, 0.3) is 5.91 Å². The first-order chi connectivity index (χ1) is 25.7. The van der Waals surface area contributed by atoms with Gasteiger partial charge in [-0.05, 0) is 75.4 Å². The molecule has 1 heterocycles. The normalized spacial score (nSPS) is 25.8. The molecule has 2 aromatic rings. The number of allylic oxidation sites excluding steroid dienone is 1. The molecule has 6 rings (SSSR count). The Kier molecular flexibility index (Phi) is 13.1. The number of aliphatic hydroxyl groups is 2. The van der Waals surface area contributed by atoms with Crippen molar-refractivity contribution in [2.24, 2.45) is 23.2 Å². The number of hydroxylamine groups is 2. The number of likely N-dealkylation sites (N-methyl/N-ethyl adjacent to an activating group) is 1. The van der Waals surface area contributed by atoms with Gasteiger partial charge < -0.3 is 35.4 Å². The topological polar surface area (TPSA) is 161 Å². The van der Waals surface area contributed by atoms with Gasteiger partial charge in [-0.2, -0.15) is 5.06 Å². The van der Waals surface area contributed by atoms with Gasteiger partial charge in [-0.1, -0.05) is 50.6 Å². The Morgan fingerprint density at radius 1 is 1.15 bits per heavy atom. The highest BCUT2D eigenvalue weighted by molar-refractivity contribution is 7.90. The van der Waals surface area contributed by atoms with Crippen molar-refractivity contribution in [2.45, 2.75) is 77.9 Å². The smallest absolute Gasteiger partial charge is 0.251 e. The number of nitrogens with zero attached hydrogens (tertiary/aromatic N) is 3.